The second kappa shape index (κ2) is 12.6. The van der Waals surface area contributed by atoms with E-state index in [1.807, 2.05) is 0 Å². The number of para-hydroxylation sites is 3. The summed E-state index contributed by atoms with van der Waals surface area (Å²) in [5, 5.41) is 8.30. The Bertz CT molecular complexity index is 3740. The molecule has 0 amide bonds. The zero-order chi connectivity index (χ0) is 40.4. The molecule has 61 heavy (non-hydrogen) atoms. The maximum absolute atomic E-state index is 5.43. The lowest BCUT2D eigenvalue weighted by Gasteiger charge is -2.21. The van der Waals surface area contributed by atoms with Crippen molar-refractivity contribution in [2.45, 2.75) is 19.3 Å². The first-order valence-electron chi connectivity index (χ1n) is 21.1. The molecule has 3 aromatic heterocycles. The van der Waals surface area contributed by atoms with Crippen LogP contribution in [0.5, 0.6) is 0 Å². The van der Waals surface area contributed by atoms with Gasteiger partial charge in [0.25, 0.3) is 0 Å². The standard InChI is InChI=1S/C57H38N4/c1-57(2)48-19-9-5-15-41(48)47-33-37(26-32-49(47)57)56-58-54(46-30-25-35-13-3-4-14-40(35)55(46)59-56)36-23-27-38(28-24-36)60-50-20-10-8-18-44(50)45-31-29-39(34-53(45)60)61-51-21-11-6-16-42(51)43-17-7-12-22-52(43)61/h3-34H,1-2H3. The number of hydrogen-bond acceptors (Lipinski definition) is 2. The van der Waals surface area contributed by atoms with Crippen LogP contribution in [0.25, 0.3) is 110 Å². The summed E-state index contributed by atoms with van der Waals surface area (Å²) in [4.78, 5) is 10.8. The van der Waals surface area contributed by atoms with E-state index in [-0.39, 0.29) is 5.41 Å². The Kier molecular flexibility index (Phi) is 7.04. The molecule has 0 spiro atoms. The normalized spacial score (nSPS) is 13.2. The number of fused-ring (bicyclic) bond motifs is 12. The summed E-state index contributed by atoms with van der Waals surface area (Å²) in [6.07, 6.45) is 0. The minimum absolute atomic E-state index is 0.0687. The first-order valence-corrected chi connectivity index (χ1v) is 21.1. The maximum Gasteiger partial charge on any atom is 0.160 e. The van der Waals surface area contributed by atoms with Crippen molar-refractivity contribution >= 4 is 65.3 Å². The SMILES string of the molecule is CC1(C)c2ccccc2-c2cc(-c3nc(-c4ccc(-n5c6ccccc6c6ccc(-n7c8ccccc8c8ccccc87)cc65)cc4)c4ccc5ccccc5c4n3)ccc21. The third-order valence-electron chi connectivity index (χ3n) is 13.3. The lowest BCUT2D eigenvalue weighted by molar-refractivity contribution is 0.660. The van der Waals surface area contributed by atoms with Crippen molar-refractivity contribution in [2.75, 3.05) is 0 Å². The summed E-state index contributed by atoms with van der Waals surface area (Å²) >= 11 is 0. The van der Waals surface area contributed by atoms with Gasteiger partial charge in [-0.15, -0.1) is 0 Å². The lowest BCUT2D eigenvalue weighted by Crippen LogP contribution is -2.14. The van der Waals surface area contributed by atoms with Crippen molar-refractivity contribution in [3.05, 3.63) is 205 Å². The second-order valence-corrected chi connectivity index (χ2v) is 17.0. The van der Waals surface area contributed by atoms with E-state index in [4.69, 9.17) is 9.97 Å². The van der Waals surface area contributed by atoms with Gasteiger partial charge in [0.1, 0.15) is 0 Å². The monoisotopic (exact) mass is 778 g/mol. The number of rotatable bonds is 4. The highest BCUT2D eigenvalue weighted by molar-refractivity contribution is 6.13. The zero-order valence-corrected chi connectivity index (χ0v) is 33.8. The lowest BCUT2D eigenvalue weighted by atomic mass is 9.82. The first kappa shape index (κ1) is 34.1. The summed E-state index contributed by atoms with van der Waals surface area (Å²) in [6, 6.07) is 70.6. The topological polar surface area (TPSA) is 35.6 Å². The van der Waals surface area contributed by atoms with Crippen LogP contribution in [0.4, 0.5) is 0 Å². The number of hydrogen-bond donors (Lipinski definition) is 0. The van der Waals surface area contributed by atoms with E-state index in [2.05, 4.69) is 217 Å². The average Bonchev–Trinajstić information content (AvgIpc) is 3.91. The molecule has 0 N–H and O–H groups in total. The molecule has 0 saturated carbocycles. The Labute approximate surface area is 352 Å². The molecular formula is C57H38N4. The summed E-state index contributed by atoms with van der Waals surface area (Å²) < 4.78 is 4.81. The summed E-state index contributed by atoms with van der Waals surface area (Å²) in [5.74, 6) is 0.730. The minimum Gasteiger partial charge on any atom is -0.309 e. The Balaban J connectivity index is 0.989. The zero-order valence-electron chi connectivity index (χ0n) is 33.8. The highest BCUT2D eigenvalue weighted by atomic mass is 15.0. The van der Waals surface area contributed by atoms with Crippen LogP contribution < -0.4 is 0 Å². The largest absolute Gasteiger partial charge is 0.309 e. The van der Waals surface area contributed by atoms with Crippen LogP contribution in [0.15, 0.2) is 194 Å². The van der Waals surface area contributed by atoms with Crippen molar-refractivity contribution in [1.29, 1.82) is 0 Å². The predicted molar refractivity (Wildman–Crippen MR) is 254 cm³/mol. The Morgan fingerprint density at radius 2 is 0.918 bits per heavy atom. The van der Waals surface area contributed by atoms with Gasteiger partial charge in [-0.25, -0.2) is 9.97 Å². The molecule has 12 aromatic rings. The molecule has 13 rings (SSSR count). The van der Waals surface area contributed by atoms with E-state index in [9.17, 15) is 0 Å². The molecule has 0 aliphatic heterocycles. The summed E-state index contributed by atoms with van der Waals surface area (Å²) in [5.41, 5.74) is 16.1. The van der Waals surface area contributed by atoms with Gasteiger partial charge in [0, 0.05) is 60.2 Å². The van der Waals surface area contributed by atoms with Crippen LogP contribution in [-0.4, -0.2) is 19.1 Å². The van der Waals surface area contributed by atoms with E-state index in [1.54, 1.807) is 0 Å². The molecule has 3 heterocycles. The van der Waals surface area contributed by atoms with Crippen LogP contribution in [0, 0.1) is 0 Å². The highest BCUT2D eigenvalue weighted by Gasteiger charge is 2.35. The predicted octanol–water partition coefficient (Wildman–Crippen LogP) is 14.6. The molecule has 4 heteroatoms. The quantitative estimate of drug-likeness (QED) is 0.167. The molecule has 0 fully saturated rings. The van der Waals surface area contributed by atoms with Gasteiger partial charge in [0.2, 0.25) is 0 Å². The number of benzene rings is 9. The Hall–Kier alpha value is -7.82. The van der Waals surface area contributed by atoms with Crippen LogP contribution in [-0.2, 0) is 5.41 Å². The molecular weight excluding hydrogens is 741 g/mol. The van der Waals surface area contributed by atoms with Crippen LogP contribution in [0.1, 0.15) is 25.0 Å². The third kappa shape index (κ3) is 4.87. The molecule has 4 nitrogen and oxygen atoms in total. The summed E-state index contributed by atoms with van der Waals surface area (Å²) in [6.45, 7) is 4.64. The van der Waals surface area contributed by atoms with Crippen molar-refractivity contribution in [3.63, 3.8) is 0 Å². The van der Waals surface area contributed by atoms with Gasteiger partial charge >= 0.3 is 0 Å². The van der Waals surface area contributed by atoms with Gasteiger partial charge in [0.15, 0.2) is 5.82 Å². The smallest absolute Gasteiger partial charge is 0.160 e. The van der Waals surface area contributed by atoms with Gasteiger partial charge < -0.3 is 9.13 Å². The molecule has 286 valence electrons. The number of nitrogens with zero attached hydrogens (tertiary/aromatic N) is 4. The van der Waals surface area contributed by atoms with E-state index in [1.165, 1.54) is 60.3 Å². The van der Waals surface area contributed by atoms with Crippen LogP contribution >= 0.6 is 0 Å². The Morgan fingerprint density at radius 3 is 1.64 bits per heavy atom. The van der Waals surface area contributed by atoms with E-state index in [0.29, 0.717) is 0 Å². The van der Waals surface area contributed by atoms with Crippen molar-refractivity contribution in [3.8, 4) is 45.1 Å². The highest BCUT2D eigenvalue weighted by Crippen LogP contribution is 2.49. The van der Waals surface area contributed by atoms with Crippen molar-refractivity contribution < 1.29 is 0 Å². The molecule has 9 aromatic carbocycles. The van der Waals surface area contributed by atoms with Crippen LogP contribution in [0.3, 0.4) is 0 Å². The summed E-state index contributed by atoms with van der Waals surface area (Å²) in [7, 11) is 0. The van der Waals surface area contributed by atoms with Gasteiger partial charge in [-0.2, -0.15) is 0 Å². The Morgan fingerprint density at radius 1 is 0.377 bits per heavy atom. The third-order valence-corrected chi connectivity index (χ3v) is 13.3. The fourth-order valence-electron chi connectivity index (χ4n) is 10.4. The van der Waals surface area contributed by atoms with E-state index >= 15 is 0 Å². The van der Waals surface area contributed by atoms with Gasteiger partial charge in [-0.3, -0.25) is 0 Å². The van der Waals surface area contributed by atoms with Gasteiger partial charge in [-0.05, 0) is 82.2 Å². The first-order chi connectivity index (χ1) is 30.0. The molecule has 0 atom stereocenters. The fraction of sp³-hybridized carbons (Fsp3) is 0.0526. The second-order valence-electron chi connectivity index (χ2n) is 17.0. The molecule has 1 aliphatic carbocycles. The molecule has 1 aliphatic rings. The molecule has 0 unspecified atom stereocenters. The molecule has 0 radical (unpaired) electrons. The fourth-order valence-corrected chi connectivity index (χ4v) is 10.4. The van der Waals surface area contributed by atoms with Gasteiger partial charge in [-0.1, -0.05) is 153 Å². The molecule has 0 bridgehead atoms. The van der Waals surface area contributed by atoms with Crippen molar-refractivity contribution in [1.82, 2.24) is 19.1 Å². The minimum atomic E-state index is -0.0687. The average molecular weight is 779 g/mol. The van der Waals surface area contributed by atoms with Gasteiger partial charge in [0.05, 0.1) is 33.3 Å². The van der Waals surface area contributed by atoms with E-state index < -0.39 is 0 Å². The number of aromatic nitrogens is 4. The maximum atomic E-state index is 5.43. The van der Waals surface area contributed by atoms with E-state index in [0.717, 1.165) is 61.2 Å². The van der Waals surface area contributed by atoms with Crippen LogP contribution in [0.2, 0.25) is 0 Å². The van der Waals surface area contributed by atoms with Crippen molar-refractivity contribution in [2.24, 2.45) is 0 Å². The molecule has 0 saturated heterocycles.